The molecule has 1 aromatic heterocycles. The molecule has 0 spiro atoms. The van der Waals surface area contributed by atoms with Crippen LogP contribution >= 0.6 is 39.1 Å². The van der Waals surface area contributed by atoms with Crippen LogP contribution in [0.4, 0.5) is 13.2 Å². The summed E-state index contributed by atoms with van der Waals surface area (Å²) in [5, 5.41) is 15.5. The quantitative estimate of drug-likeness (QED) is 0.399. The van der Waals surface area contributed by atoms with Gasteiger partial charge in [0, 0.05) is 9.50 Å². The number of nitrogens with zero attached hydrogens (tertiary/aromatic N) is 3. The second-order valence-electron chi connectivity index (χ2n) is 7.03. The van der Waals surface area contributed by atoms with Crippen molar-refractivity contribution < 1.29 is 22.7 Å². The monoisotopic (exact) mass is 560 g/mol. The minimum Gasteiger partial charge on any atom is -0.437 e. The number of aromatic nitrogens is 2. The van der Waals surface area contributed by atoms with Gasteiger partial charge in [0.25, 0.3) is 0 Å². The van der Waals surface area contributed by atoms with Crippen LogP contribution in [0.5, 0.6) is 11.6 Å². The Morgan fingerprint density at radius 3 is 2.70 bits per heavy atom. The van der Waals surface area contributed by atoms with Crippen molar-refractivity contribution in [3.05, 3.63) is 79.9 Å². The Hall–Kier alpha value is -2.56. The Bertz CT molecular complexity index is 1210. The largest absolute Gasteiger partial charge is 0.437 e. The zero-order chi connectivity index (χ0) is 23.6. The molecule has 12 heteroatoms. The summed E-state index contributed by atoms with van der Waals surface area (Å²) in [6.45, 7) is 0.270. The summed E-state index contributed by atoms with van der Waals surface area (Å²) in [4.78, 5) is 5.37. The summed E-state index contributed by atoms with van der Waals surface area (Å²) < 4.78 is 45.6. The van der Waals surface area contributed by atoms with Gasteiger partial charge in [-0.3, -0.25) is 0 Å². The Morgan fingerprint density at radius 2 is 1.94 bits per heavy atom. The van der Waals surface area contributed by atoms with Gasteiger partial charge in [-0.2, -0.15) is 13.2 Å². The number of hydrogen-bond donors (Lipinski definition) is 1. The SMILES string of the molecule is FC(F)(F)c1cccc(Oc2nnc(Cl)cc2C2=NOC[C@@H](Cc3ccc(Br)cc3Cl)N2)c1. The molecule has 2 aromatic carbocycles. The van der Waals surface area contributed by atoms with Crippen LogP contribution in [-0.4, -0.2) is 28.7 Å². The van der Waals surface area contributed by atoms with E-state index < -0.39 is 11.7 Å². The second kappa shape index (κ2) is 9.74. The third kappa shape index (κ3) is 5.87. The highest BCUT2D eigenvalue weighted by atomic mass is 79.9. The Balaban J connectivity index is 1.58. The molecule has 172 valence electrons. The van der Waals surface area contributed by atoms with E-state index in [0.717, 1.165) is 22.2 Å². The third-order valence-corrected chi connectivity index (χ3v) is 5.64. The van der Waals surface area contributed by atoms with E-state index >= 15 is 0 Å². The molecular formula is C21H14BrCl2F3N4O2. The fourth-order valence-electron chi connectivity index (χ4n) is 3.09. The van der Waals surface area contributed by atoms with Gasteiger partial charge in [0.05, 0.1) is 17.2 Å². The topological polar surface area (TPSA) is 68.6 Å². The number of rotatable bonds is 5. The fraction of sp³-hybridized carbons (Fsp3) is 0.190. The number of hydrogen-bond acceptors (Lipinski definition) is 6. The molecule has 3 aromatic rings. The van der Waals surface area contributed by atoms with Gasteiger partial charge in [-0.1, -0.05) is 56.4 Å². The van der Waals surface area contributed by atoms with Gasteiger partial charge < -0.3 is 14.9 Å². The van der Waals surface area contributed by atoms with Crippen molar-refractivity contribution in [2.24, 2.45) is 5.16 Å². The predicted molar refractivity (Wildman–Crippen MR) is 121 cm³/mol. The summed E-state index contributed by atoms with van der Waals surface area (Å²) in [6.07, 6.45) is -3.99. The average molecular weight is 562 g/mol. The van der Waals surface area contributed by atoms with Crippen LogP contribution < -0.4 is 10.1 Å². The molecular weight excluding hydrogens is 548 g/mol. The molecule has 2 heterocycles. The average Bonchev–Trinajstić information content (AvgIpc) is 2.77. The lowest BCUT2D eigenvalue weighted by Crippen LogP contribution is -2.43. The van der Waals surface area contributed by atoms with E-state index in [1.54, 1.807) is 6.07 Å². The summed E-state index contributed by atoms with van der Waals surface area (Å²) in [5.74, 6) is 0.0902. The highest BCUT2D eigenvalue weighted by molar-refractivity contribution is 9.10. The van der Waals surface area contributed by atoms with E-state index in [0.29, 0.717) is 11.4 Å². The summed E-state index contributed by atoms with van der Waals surface area (Å²) in [7, 11) is 0. The van der Waals surface area contributed by atoms with Crippen LogP contribution in [0.25, 0.3) is 0 Å². The van der Waals surface area contributed by atoms with Crippen LogP contribution in [0, 0.1) is 0 Å². The molecule has 4 rings (SSSR count). The molecule has 0 amide bonds. The number of ether oxygens (including phenoxy) is 1. The summed E-state index contributed by atoms with van der Waals surface area (Å²) >= 11 is 15.7. The van der Waals surface area contributed by atoms with Crippen molar-refractivity contribution in [3.63, 3.8) is 0 Å². The molecule has 0 aliphatic carbocycles. The van der Waals surface area contributed by atoms with Crippen LogP contribution in [0.3, 0.4) is 0 Å². The van der Waals surface area contributed by atoms with Crippen LogP contribution in [0.15, 0.2) is 58.2 Å². The van der Waals surface area contributed by atoms with Crippen LogP contribution in [-0.2, 0) is 17.4 Å². The van der Waals surface area contributed by atoms with Crippen molar-refractivity contribution >= 4 is 45.0 Å². The van der Waals surface area contributed by atoms with Gasteiger partial charge in [-0.15, -0.1) is 10.2 Å². The fourth-order valence-corrected chi connectivity index (χ4v) is 3.99. The molecule has 0 unspecified atom stereocenters. The first-order chi connectivity index (χ1) is 15.7. The van der Waals surface area contributed by atoms with Crippen molar-refractivity contribution in [2.75, 3.05) is 6.61 Å². The minimum absolute atomic E-state index is 0.0453. The van der Waals surface area contributed by atoms with Crippen LogP contribution in [0.1, 0.15) is 16.7 Å². The molecule has 0 saturated carbocycles. The van der Waals surface area contributed by atoms with Gasteiger partial charge in [0.15, 0.2) is 11.0 Å². The predicted octanol–water partition coefficient (Wildman–Crippen LogP) is 6.25. The molecule has 1 N–H and O–H groups in total. The van der Waals surface area contributed by atoms with E-state index in [9.17, 15) is 13.2 Å². The molecule has 0 saturated heterocycles. The lowest BCUT2D eigenvalue weighted by atomic mass is 10.1. The van der Waals surface area contributed by atoms with E-state index in [-0.39, 0.29) is 40.8 Å². The zero-order valence-corrected chi connectivity index (χ0v) is 19.6. The van der Waals surface area contributed by atoms with Gasteiger partial charge in [0.1, 0.15) is 12.4 Å². The molecule has 1 aliphatic rings. The maximum absolute atomic E-state index is 13.0. The molecule has 1 atom stereocenters. The Morgan fingerprint density at radius 1 is 1.12 bits per heavy atom. The van der Waals surface area contributed by atoms with E-state index in [2.05, 4.69) is 36.6 Å². The Kier molecular flexibility index (Phi) is 6.96. The minimum atomic E-state index is -4.52. The first-order valence-electron chi connectivity index (χ1n) is 9.48. The van der Waals surface area contributed by atoms with Crippen molar-refractivity contribution in [1.82, 2.24) is 15.5 Å². The first kappa shape index (κ1) is 23.6. The molecule has 0 bridgehead atoms. The summed E-state index contributed by atoms with van der Waals surface area (Å²) in [6, 6.07) is 11.2. The van der Waals surface area contributed by atoms with Gasteiger partial charge in [-0.25, -0.2) is 0 Å². The molecule has 6 nitrogen and oxygen atoms in total. The highest BCUT2D eigenvalue weighted by Crippen LogP contribution is 2.33. The number of nitrogens with one attached hydrogen (secondary N) is 1. The zero-order valence-electron chi connectivity index (χ0n) is 16.5. The van der Waals surface area contributed by atoms with Crippen LogP contribution in [0.2, 0.25) is 10.2 Å². The van der Waals surface area contributed by atoms with Gasteiger partial charge >= 0.3 is 6.18 Å². The number of halogens is 6. The maximum atomic E-state index is 13.0. The van der Waals surface area contributed by atoms with E-state index in [1.165, 1.54) is 18.2 Å². The highest BCUT2D eigenvalue weighted by Gasteiger charge is 2.31. The second-order valence-corrected chi connectivity index (χ2v) is 8.74. The van der Waals surface area contributed by atoms with E-state index in [1.807, 2.05) is 12.1 Å². The number of benzene rings is 2. The molecule has 0 radical (unpaired) electrons. The van der Waals surface area contributed by atoms with Crippen molar-refractivity contribution in [1.29, 1.82) is 0 Å². The molecule has 0 fully saturated rings. The maximum Gasteiger partial charge on any atom is 0.416 e. The first-order valence-corrected chi connectivity index (χ1v) is 11.0. The van der Waals surface area contributed by atoms with Crippen molar-refractivity contribution in [2.45, 2.75) is 18.6 Å². The lowest BCUT2D eigenvalue weighted by molar-refractivity contribution is -0.137. The van der Waals surface area contributed by atoms with Gasteiger partial charge in [-0.05, 0) is 48.4 Å². The van der Waals surface area contributed by atoms with Crippen molar-refractivity contribution in [3.8, 4) is 11.6 Å². The number of amidine groups is 1. The Labute approximate surface area is 204 Å². The normalized spacial score (nSPS) is 15.9. The van der Waals surface area contributed by atoms with Gasteiger partial charge in [0.2, 0.25) is 5.88 Å². The number of oxime groups is 1. The molecule has 1 aliphatic heterocycles. The standard InChI is InChI=1S/C21H14BrCl2F3N4O2/c22-13-5-4-11(17(23)8-13)6-14-10-32-31-19(28-14)16-9-18(24)29-30-20(16)33-15-3-1-2-12(7-15)21(25,26)27/h1-5,7-9,14H,6,10H2,(H,28,31)/t14-/m1/s1. The third-order valence-electron chi connectivity index (χ3n) is 4.62. The smallest absolute Gasteiger partial charge is 0.416 e. The number of alkyl halides is 3. The van der Waals surface area contributed by atoms with E-state index in [4.69, 9.17) is 32.8 Å². The lowest BCUT2D eigenvalue weighted by Gasteiger charge is -2.25. The summed E-state index contributed by atoms with van der Waals surface area (Å²) in [5.41, 5.74) is 0.318. The molecule has 33 heavy (non-hydrogen) atoms.